The highest BCUT2D eigenvalue weighted by atomic mass is 79.9. The molecule has 0 aliphatic rings. The van der Waals surface area contributed by atoms with Crippen LogP contribution >= 0.6 is 15.9 Å². The van der Waals surface area contributed by atoms with Crippen molar-refractivity contribution in [1.29, 1.82) is 0 Å². The van der Waals surface area contributed by atoms with Gasteiger partial charge in [-0.25, -0.2) is 8.42 Å². The molecule has 0 aromatic heterocycles. The summed E-state index contributed by atoms with van der Waals surface area (Å²) in [5.74, 6) is -0.910. The van der Waals surface area contributed by atoms with E-state index in [1.54, 1.807) is 12.1 Å². The Bertz CT molecular complexity index is 1480. The minimum Gasteiger partial charge on any atom is -0.354 e. The van der Waals surface area contributed by atoms with E-state index in [1.165, 1.54) is 24.0 Å². The third kappa shape index (κ3) is 9.54. The first-order valence-electron chi connectivity index (χ1n) is 13.3. The van der Waals surface area contributed by atoms with Gasteiger partial charge in [0.15, 0.2) is 5.78 Å². The fraction of sp³-hybridized carbons (Fsp3) is 0.323. The number of benzene rings is 3. The second-order valence-corrected chi connectivity index (χ2v) is 13.2. The predicted molar refractivity (Wildman–Crippen MR) is 165 cm³/mol. The van der Waals surface area contributed by atoms with Gasteiger partial charge in [-0.05, 0) is 48.2 Å². The van der Waals surface area contributed by atoms with Gasteiger partial charge in [-0.2, -0.15) is 0 Å². The zero-order valence-corrected chi connectivity index (χ0v) is 26.1. The van der Waals surface area contributed by atoms with E-state index in [-0.39, 0.29) is 36.3 Å². The van der Waals surface area contributed by atoms with Crippen LogP contribution in [0, 0.1) is 5.92 Å². The highest BCUT2D eigenvalue weighted by Gasteiger charge is 2.33. The van der Waals surface area contributed by atoms with Crippen LogP contribution in [0.5, 0.6) is 0 Å². The Morgan fingerprint density at radius 3 is 2.17 bits per heavy atom. The molecule has 3 aromatic carbocycles. The van der Waals surface area contributed by atoms with E-state index < -0.39 is 28.5 Å². The van der Waals surface area contributed by atoms with Crippen molar-refractivity contribution in [2.45, 2.75) is 39.8 Å². The number of ketones is 1. The Kier molecular flexibility index (Phi) is 11.3. The average molecular weight is 643 g/mol. The number of sulfonamides is 1. The van der Waals surface area contributed by atoms with Crippen LogP contribution < -0.4 is 9.62 Å². The third-order valence-electron chi connectivity index (χ3n) is 6.42. The lowest BCUT2D eigenvalue weighted by atomic mass is 10.0. The minimum atomic E-state index is -3.93. The number of anilines is 1. The lowest BCUT2D eigenvalue weighted by Crippen LogP contribution is -2.53. The quantitative estimate of drug-likeness (QED) is 0.269. The monoisotopic (exact) mass is 641 g/mol. The largest absolute Gasteiger partial charge is 0.354 e. The highest BCUT2D eigenvalue weighted by Crippen LogP contribution is 2.22. The first kappa shape index (κ1) is 32.0. The Labute approximate surface area is 250 Å². The summed E-state index contributed by atoms with van der Waals surface area (Å²) in [5.41, 5.74) is 2.15. The molecule has 0 heterocycles. The van der Waals surface area contributed by atoms with Crippen LogP contribution in [0.4, 0.5) is 5.69 Å². The first-order chi connectivity index (χ1) is 19.3. The maximum absolute atomic E-state index is 14.1. The molecule has 0 spiro atoms. The standard InChI is InChI=1S/C31H36BrN3O5S/c1-22(2)19-33-31(38)29(17-24-10-6-5-7-11-24)34(20-25-12-8-14-27(32)16-25)30(37)21-35(41(4,39)40)28-15-9-13-26(18-28)23(3)36/h5-16,18,22,29H,17,19-21H2,1-4H3,(H,33,38)/t29-/m0/s1. The van der Waals surface area contributed by atoms with Gasteiger partial charge in [0.05, 0.1) is 11.9 Å². The second-order valence-electron chi connectivity index (χ2n) is 10.4. The summed E-state index contributed by atoms with van der Waals surface area (Å²) < 4.78 is 27.6. The third-order valence-corrected chi connectivity index (χ3v) is 8.05. The van der Waals surface area contributed by atoms with Crippen LogP contribution in [0.15, 0.2) is 83.3 Å². The summed E-state index contributed by atoms with van der Waals surface area (Å²) in [6, 6.07) is 22.0. The Hall–Kier alpha value is -3.50. The van der Waals surface area contributed by atoms with E-state index in [0.29, 0.717) is 12.1 Å². The number of carbonyl (C=O) groups is 3. The van der Waals surface area contributed by atoms with Gasteiger partial charge in [0.1, 0.15) is 12.6 Å². The van der Waals surface area contributed by atoms with Crippen LogP contribution in [0.2, 0.25) is 0 Å². The minimum absolute atomic E-state index is 0.0793. The van der Waals surface area contributed by atoms with E-state index >= 15 is 0 Å². The summed E-state index contributed by atoms with van der Waals surface area (Å²) in [5, 5.41) is 2.96. The van der Waals surface area contributed by atoms with Crippen molar-refractivity contribution in [3.63, 3.8) is 0 Å². The maximum Gasteiger partial charge on any atom is 0.244 e. The van der Waals surface area contributed by atoms with Gasteiger partial charge in [-0.15, -0.1) is 0 Å². The van der Waals surface area contributed by atoms with E-state index in [1.807, 2.05) is 68.4 Å². The number of rotatable bonds is 13. The molecular weight excluding hydrogens is 606 g/mol. The molecule has 0 aliphatic heterocycles. The number of amides is 2. The predicted octanol–water partition coefficient (Wildman–Crippen LogP) is 4.83. The number of nitrogens with one attached hydrogen (secondary N) is 1. The zero-order valence-electron chi connectivity index (χ0n) is 23.7. The summed E-state index contributed by atoms with van der Waals surface area (Å²) in [7, 11) is -3.93. The SMILES string of the molecule is CC(=O)c1cccc(N(CC(=O)N(Cc2cccc(Br)c2)[C@@H](Cc2ccccc2)C(=O)NCC(C)C)S(C)(=O)=O)c1. The fourth-order valence-corrected chi connectivity index (χ4v) is 5.59. The van der Waals surface area contributed by atoms with Crippen LogP contribution in [-0.4, -0.2) is 56.3 Å². The number of Topliss-reactive ketones (excluding diaryl/α,β-unsaturated/α-hetero) is 1. The summed E-state index contributed by atoms with van der Waals surface area (Å²) in [4.78, 5) is 41.2. The van der Waals surface area contributed by atoms with Crippen molar-refractivity contribution in [2.24, 2.45) is 5.92 Å². The number of hydrogen-bond donors (Lipinski definition) is 1. The topological polar surface area (TPSA) is 104 Å². The van der Waals surface area contributed by atoms with Gasteiger partial charge in [-0.1, -0.05) is 84.4 Å². The van der Waals surface area contributed by atoms with Gasteiger partial charge >= 0.3 is 0 Å². The lowest BCUT2D eigenvalue weighted by molar-refractivity contribution is -0.140. The molecule has 0 saturated heterocycles. The molecule has 1 atom stereocenters. The number of nitrogens with zero attached hydrogens (tertiary/aromatic N) is 2. The van der Waals surface area contributed by atoms with Gasteiger partial charge in [0, 0.05) is 29.5 Å². The average Bonchev–Trinajstić information content (AvgIpc) is 2.92. The molecule has 2 amide bonds. The van der Waals surface area contributed by atoms with Crippen LogP contribution in [-0.2, 0) is 32.6 Å². The molecule has 218 valence electrons. The molecule has 0 bridgehead atoms. The van der Waals surface area contributed by atoms with E-state index in [2.05, 4.69) is 21.2 Å². The van der Waals surface area contributed by atoms with Crippen molar-refractivity contribution in [3.8, 4) is 0 Å². The molecule has 41 heavy (non-hydrogen) atoms. The van der Waals surface area contributed by atoms with Crippen molar-refractivity contribution in [1.82, 2.24) is 10.2 Å². The second kappa shape index (κ2) is 14.4. The number of carbonyl (C=O) groups excluding carboxylic acids is 3. The number of hydrogen-bond acceptors (Lipinski definition) is 5. The van der Waals surface area contributed by atoms with Crippen molar-refractivity contribution in [3.05, 3.63) is 100 Å². The van der Waals surface area contributed by atoms with Crippen LogP contribution in [0.3, 0.4) is 0 Å². The van der Waals surface area contributed by atoms with Gasteiger partial charge < -0.3 is 10.2 Å². The number of halogens is 1. The lowest BCUT2D eigenvalue weighted by Gasteiger charge is -2.33. The Balaban J connectivity index is 2.07. The van der Waals surface area contributed by atoms with E-state index in [4.69, 9.17) is 0 Å². The normalized spacial score (nSPS) is 12.0. The van der Waals surface area contributed by atoms with Gasteiger partial charge in [-0.3, -0.25) is 18.7 Å². The van der Waals surface area contributed by atoms with Gasteiger partial charge in [0.25, 0.3) is 0 Å². The van der Waals surface area contributed by atoms with E-state index in [9.17, 15) is 22.8 Å². The molecule has 3 aromatic rings. The molecule has 0 unspecified atom stereocenters. The summed E-state index contributed by atoms with van der Waals surface area (Å²) in [6.07, 6.45) is 1.25. The molecule has 1 N–H and O–H groups in total. The first-order valence-corrected chi connectivity index (χ1v) is 15.9. The summed E-state index contributed by atoms with van der Waals surface area (Å²) in [6.45, 7) is 5.31. The molecule has 0 fully saturated rings. The Morgan fingerprint density at radius 1 is 0.902 bits per heavy atom. The van der Waals surface area contributed by atoms with Crippen molar-refractivity contribution < 1.29 is 22.8 Å². The zero-order chi connectivity index (χ0) is 30.2. The molecule has 10 heteroatoms. The highest BCUT2D eigenvalue weighted by molar-refractivity contribution is 9.10. The van der Waals surface area contributed by atoms with Crippen molar-refractivity contribution in [2.75, 3.05) is 23.7 Å². The molecule has 0 saturated carbocycles. The summed E-state index contributed by atoms with van der Waals surface area (Å²) >= 11 is 3.47. The van der Waals surface area contributed by atoms with Crippen LogP contribution in [0.25, 0.3) is 0 Å². The molecule has 8 nitrogen and oxygen atoms in total. The fourth-order valence-electron chi connectivity index (χ4n) is 4.30. The molecule has 0 aliphatic carbocycles. The molecule has 0 radical (unpaired) electrons. The van der Waals surface area contributed by atoms with Crippen molar-refractivity contribution >= 4 is 49.2 Å². The van der Waals surface area contributed by atoms with E-state index in [0.717, 1.165) is 26.2 Å². The molecular formula is C31H36BrN3O5S. The smallest absolute Gasteiger partial charge is 0.244 e. The Morgan fingerprint density at radius 2 is 1.56 bits per heavy atom. The van der Waals surface area contributed by atoms with Crippen LogP contribution in [0.1, 0.15) is 42.3 Å². The maximum atomic E-state index is 14.1. The van der Waals surface area contributed by atoms with Gasteiger partial charge in [0.2, 0.25) is 21.8 Å². The molecule has 3 rings (SSSR count).